The maximum atomic E-state index is 14.1. The number of benzene rings is 2. The lowest BCUT2D eigenvalue weighted by Gasteiger charge is -2.32. The van der Waals surface area contributed by atoms with Crippen LogP contribution in [0.3, 0.4) is 0 Å². The molecule has 89 heavy (non-hydrogen) atoms. The zero-order chi connectivity index (χ0) is 64.3. The highest BCUT2D eigenvalue weighted by Gasteiger charge is 2.40. The normalized spacial score (nSPS) is 12.5. The number of ether oxygens (including phenoxy) is 4. The first-order chi connectivity index (χ1) is 43.4. The van der Waals surface area contributed by atoms with E-state index in [9.17, 15) is 33.6 Å². The van der Waals surface area contributed by atoms with Crippen LogP contribution in [-0.2, 0) is 28.7 Å². The minimum Gasteiger partial charge on any atom is -0.465 e. The lowest BCUT2D eigenvalue weighted by molar-refractivity contribution is -0.153. The quantitative estimate of drug-likeness (QED) is 0.0120. The second-order valence-electron chi connectivity index (χ2n) is 20.7. The molecule has 478 valence electrons. The Bertz CT molecular complexity index is 2900. The zero-order valence-corrected chi connectivity index (χ0v) is 54.0. The van der Waals surface area contributed by atoms with Gasteiger partial charge in [0.25, 0.3) is 5.91 Å². The fourth-order valence-corrected chi connectivity index (χ4v) is 9.69. The Morgan fingerprint density at radius 1 is 0.506 bits per heavy atom. The number of hydrogen-bond donors (Lipinski definition) is 3. The second-order valence-corrected chi connectivity index (χ2v) is 23.4. The van der Waals surface area contributed by atoms with Crippen LogP contribution in [0.15, 0.2) is 195 Å². The van der Waals surface area contributed by atoms with Crippen molar-refractivity contribution in [2.24, 2.45) is 5.41 Å². The number of carbonyl (C=O) groups excluding carboxylic acids is 7. The summed E-state index contributed by atoms with van der Waals surface area (Å²) >= 11 is 0. The molecule has 1 atom stereocenters. The molecule has 0 aliphatic carbocycles. The summed E-state index contributed by atoms with van der Waals surface area (Å²) in [6.07, 6.45) is 55.4. The first-order valence-electron chi connectivity index (χ1n) is 30.8. The SMILES string of the molecule is CC/C=C\C/C=C\C/C=C\C/C=C\C/C=C\CCCC(=O)NCCSSCCNC(=O)CCNC(=O)[C@H](OC(=O)c1ccccc1OC(=O)c1ccccc1OC(=O)c1cccnc1)C(C)(C)COC(=O)CCC/C=C/C=C/C/C=C\C/C=C\C/C=C\CC. The largest absolute Gasteiger partial charge is 0.465 e. The van der Waals surface area contributed by atoms with Crippen molar-refractivity contribution in [2.75, 3.05) is 37.7 Å². The van der Waals surface area contributed by atoms with Gasteiger partial charge in [0, 0.05) is 68.2 Å². The Labute approximate surface area is 536 Å². The van der Waals surface area contributed by atoms with Gasteiger partial charge in [0.05, 0.1) is 5.56 Å². The van der Waals surface area contributed by atoms with Crippen molar-refractivity contribution in [3.63, 3.8) is 0 Å². The van der Waals surface area contributed by atoms with E-state index in [1.807, 2.05) is 24.3 Å². The number of amides is 3. The molecule has 2 aromatic carbocycles. The van der Waals surface area contributed by atoms with E-state index >= 15 is 0 Å². The molecular weight excluding hydrogens is 1160 g/mol. The molecule has 15 nitrogen and oxygen atoms in total. The maximum absolute atomic E-state index is 14.1. The number of pyridine rings is 1. The third-order valence-corrected chi connectivity index (χ3v) is 15.1. The minimum absolute atomic E-state index is 0.0231. The van der Waals surface area contributed by atoms with Crippen LogP contribution in [0.25, 0.3) is 0 Å². The molecule has 0 radical (unpaired) electrons. The van der Waals surface area contributed by atoms with Crippen LogP contribution >= 0.6 is 21.6 Å². The highest BCUT2D eigenvalue weighted by molar-refractivity contribution is 8.76. The van der Waals surface area contributed by atoms with Crippen molar-refractivity contribution in [2.45, 2.75) is 137 Å². The van der Waals surface area contributed by atoms with E-state index in [-0.39, 0.29) is 66.0 Å². The number of unbranched alkanes of at least 4 members (excludes halogenated alkanes) is 2. The second kappa shape index (κ2) is 48.9. The lowest BCUT2D eigenvalue weighted by atomic mass is 9.86. The molecule has 0 bridgehead atoms. The van der Waals surface area contributed by atoms with Crippen LogP contribution < -0.4 is 25.4 Å². The fraction of sp³-hybridized carbons (Fsp3) is 0.389. The Balaban J connectivity index is 1.48. The minimum atomic E-state index is -1.57. The van der Waals surface area contributed by atoms with Crippen molar-refractivity contribution in [1.82, 2.24) is 20.9 Å². The molecule has 3 amide bonds. The zero-order valence-electron chi connectivity index (χ0n) is 52.4. The van der Waals surface area contributed by atoms with Crippen molar-refractivity contribution < 1.29 is 52.5 Å². The molecule has 0 unspecified atom stereocenters. The molecule has 1 heterocycles. The molecule has 0 saturated carbocycles. The number of rotatable bonds is 45. The van der Waals surface area contributed by atoms with Crippen LogP contribution in [0.1, 0.15) is 162 Å². The van der Waals surface area contributed by atoms with E-state index in [1.54, 1.807) is 53.6 Å². The summed E-state index contributed by atoms with van der Waals surface area (Å²) in [6.45, 7) is 7.96. The van der Waals surface area contributed by atoms with Gasteiger partial charge in [0.15, 0.2) is 6.10 Å². The number of nitrogens with zero attached hydrogens (tertiary/aromatic N) is 1. The van der Waals surface area contributed by atoms with E-state index < -0.39 is 41.3 Å². The molecule has 3 rings (SSSR count). The molecule has 3 aromatic rings. The first-order valence-corrected chi connectivity index (χ1v) is 33.3. The summed E-state index contributed by atoms with van der Waals surface area (Å²) in [5.74, 6) is -3.29. The van der Waals surface area contributed by atoms with Gasteiger partial charge < -0.3 is 34.9 Å². The number of para-hydroxylation sites is 2. The van der Waals surface area contributed by atoms with E-state index in [1.165, 1.54) is 54.9 Å². The van der Waals surface area contributed by atoms with Crippen LogP contribution in [0.5, 0.6) is 11.5 Å². The number of aromatic nitrogens is 1. The predicted octanol–water partition coefficient (Wildman–Crippen LogP) is 15.2. The van der Waals surface area contributed by atoms with Gasteiger partial charge in [-0.15, -0.1) is 0 Å². The molecule has 0 saturated heterocycles. The van der Waals surface area contributed by atoms with Crippen molar-refractivity contribution >= 4 is 63.2 Å². The lowest BCUT2D eigenvalue weighted by Crippen LogP contribution is -2.49. The van der Waals surface area contributed by atoms with Crippen LogP contribution in [-0.4, -0.2) is 90.4 Å². The Morgan fingerprint density at radius 3 is 1.53 bits per heavy atom. The maximum Gasteiger partial charge on any atom is 0.347 e. The Morgan fingerprint density at radius 2 is 0.978 bits per heavy atom. The van der Waals surface area contributed by atoms with Crippen molar-refractivity contribution in [3.8, 4) is 11.5 Å². The highest BCUT2D eigenvalue weighted by atomic mass is 33.1. The van der Waals surface area contributed by atoms with E-state index in [2.05, 4.69) is 132 Å². The van der Waals surface area contributed by atoms with Crippen LogP contribution in [0, 0.1) is 5.41 Å². The summed E-state index contributed by atoms with van der Waals surface area (Å²) in [6, 6.07) is 14.8. The van der Waals surface area contributed by atoms with Crippen molar-refractivity contribution in [1.29, 1.82) is 0 Å². The molecule has 17 heteroatoms. The van der Waals surface area contributed by atoms with Gasteiger partial charge in [-0.25, -0.2) is 14.4 Å². The molecule has 3 N–H and O–H groups in total. The number of carbonyl (C=O) groups is 7. The van der Waals surface area contributed by atoms with Crippen LogP contribution in [0.2, 0.25) is 0 Å². The van der Waals surface area contributed by atoms with E-state index in [4.69, 9.17) is 18.9 Å². The number of hydrogen-bond acceptors (Lipinski definition) is 14. The van der Waals surface area contributed by atoms with Gasteiger partial charge in [-0.1, -0.05) is 195 Å². The number of esters is 4. The Kier molecular flexibility index (Phi) is 41.4. The first kappa shape index (κ1) is 75.2. The molecule has 0 aliphatic rings. The summed E-state index contributed by atoms with van der Waals surface area (Å²) < 4.78 is 22.8. The van der Waals surface area contributed by atoms with Crippen LogP contribution in [0.4, 0.5) is 0 Å². The summed E-state index contributed by atoms with van der Waals surface area (Å²) in [4.78, 5) is 96.9. The van der Waals surface area contributed by atoms with Gasteiger partial charge in [-0.2, -0.15) is 0 Å². The number of allylic oxidation sites excluding steroid dienone is 20. The average Bonchev–Trinajstić information content (AvgIpc) is 2.05. The topological polar surface area (TPSA) is 205 Å². The molecule has 0 spiro atoms. The third kappa shape index (κ3) is 36.2. The molecule has 1 aromatic heterocycles. The number of nitrogens with one attached hydrogen (secondary N) is 3. The van der Waals surface area contributed by atoms with E-state index in [0.717, 1.165) is 70.6 Å². The fourth-order valence-electron chi connectivity index (χ4n) is 7.88. The monoisotopic (exact) mass is 1250 g/mol. The van der Waals surface area contributed by atoms with Gasteiger partial charge in [0.2, 0.25) is 11.8 Å². The molecule has 0 aliphatic heterocycles. The standard InChI is InChI=1S/C72H92N4O11S2/c1-5-7-9-11-13-15-17-19-21-23-24-26-28-30-32-34-36-48-64(77)74-53-55-88-89-56-54-75-65(78)50-52-76-68(80)67(72(3,4)58-84-66(79)49-37-35-33-31-29-27-25-22-20-18-16-14-12-10-8-6-2)87-71(83)61-45-39-41-47-63(61)86-70(82)60-44-38-40-46-62(60)85-69(81)59-43-42-51-73-57-59/h7-10,13-16,19-22,24,26-27,29-33,38-47,51,57,67H,5-6,11-12,17-18,23,25,28,34-37,48-50,52-56,58H2,1-4H3,(H,74,77)(H,75,78)(H,76,80)/b9-7-,10-8-,15-13-,16-14-,21-19-,22-20-,26-24-,29-27+,32-30-,33-31+/t67-/m0/s1. The van der Waals surface area contributed by atoms with Gasteiger partial charge in [0.1, 0.15) is 29.2 Å². The summed E-state index contributed by atoms with van der Waals surface area (Å²) in [5.41, 5.74) is -1.48. The van der Waals surface area contributed by atoms with Gasteiger partial charge in [-0.3, -0.25) is 24.2 Å². The van der Waals surface area contributed by atoms with E-state index in [0.29, 0.717) is 43.9 Å². The molecule has 0 fully saturated rings. The summed E-state index contributed by atoms with van der Waals surface area (Å²) in [7, 11) is 3.16. The highest BCUT2D eigenvalue weighted by Crippen LogP contribution is 2.29. The Hall–Kier alpha value is -8.02. The molecular formula is C72H92N4O11S2. The van der Waals surface area contributed by atoms with Crippen molar-refractivity contribution in [3.05, 3.63) is 211 Å². The predicted molar refractivity (Wildman–Crippen MR) is 362 cm³/mol. The van der Waals surface area contributed by atoms with Gasteiger partial charge in [-0.05, 0) is 120 Å². The smallest absolute Gasteiger partial charge is 0.347 e. The third-order valence-electron chi connectivity index (χ3n) is 12.7. The van der Waals surface area contributed by atoms with Gasteiger partial charge >= 0.3 is 23.9 Å². The average molecular weight is 1250 g/mol. The summed E-state index contributed by atoms with van der Waals surface area (Å²) in [5, 5.41) is 8.51.